The van der Waals surface area contributed by atoms with Crippen LogP contribution in [0.1, 0.15) is 11.3 Å². The van der Waals surface area contributed by atoms with Crippen molar-refractivity contribution in [2.75, 3.05) is 7.11 Å². The van der Waals surface area contributed by atoms with Crippen molar-refractivity contribution >= 4 is 23.1 Å². The molecule has 0 fully saturated rings. The molecule has 0 saturated carbocycles. The van der Waals surface area contributed by atoms with Gasteiger partial charge in [0.2, 0.25) is 11.0 Å². The lowest BCUT2D eigenvalue weighted by molar-refractivity contribution is 0.414. The molecule has 0 spiro atoms. The summed E-state index contributed by atoms with van der Waals surface area (Å²) in [5, 5.41) is 4.64. The van der Waals surface area contributed by atoms with E-state index < -0.39 is 0 Å². The molecule has 0 aliphatic heterocycles. The Morgan fingerprint density at radius 2 is 1.81 bits per heavy atom. The van der Waals surface area contributed by atoms with Gasteiger partial charge in [0.25, 0.3) is 0 Å². The summed E-state index contributed by atoms with van der Waals surface area (Å²) in [5.41, 5.74) is 1.63. The molecular formula is C17H13NO3. The van der Waals surface area contributed by atoms with Gasteiger partial charge in [-0.25, -0.2) is 0 Å². The molecule has 104 valence electrons. The Labute approximate surface area is 121 Å². The minimum Gasteiger partial charge on any atom is -0.496 e. The van der Waals surface area contributed by atoms with E-state index in [0.717, 1.165) is 11.3 Å². The van der Waals surface area contributed by atoms with Crippen LogP contribution in [0.3, 0.4) is 0 Å². The number of para-hydroxylation sites is 1. The first-order chi connectivity index (χ1) is 10.3. The average Bonchev–Trinajstić information content (AvgIpc) is 2.83. The summed E-state index contributed by atoms with van der Waals surface area (Å²) < 4.78 is 10.4. The zero-order valence-corrected chi connectivity index (χ0v) is 11.4. The topological polar surface area (TPSA) is 52.3 Å². The summed E-state index contributed by atoms with van der Waals surface area (Å²) in [6, 6.07) is 14.4. The number of aromatic nitrogens is 1. The Morgan fingerprint density at radius 1 is 1.05 bits per heavy atom. The normalized spacial score (nSPS) is 11.1. The van der Waals surface area contributed by atoms with Crippen LogP contribution in [-0.2, 0) is 0 Å². The monoisotopic (exact) mass is 279 g/mol. The Hall–Kier alpha value is -2.88. The third kappa shape index (κ3) is 2.56. The maximum Gasteiger partial charge on any atom is 0.224 e. The molecule has 3 rings (SSSR count). The molecule has 0 bridgehead atoms. The lowest BCUT2D eigenvalue weighted by atomic mass is 10.1. The molecule has 1 heterocycles. The van der Waals surface area contributed by atoms with Gasteiger partial charge in [-0.05, 0) is 30.4 Å². The van der Waals surface area contributed by atoms with E-state index in [-0.39, 0.29) is 11.0 Å². The Kier molecular flexibility index (Phi) is 3.51. The molecule has 3 aromatic rings. The van der Waals surface area contributed by atoms with E-state index in [1.54, 1.807) is 19.2 Å². The van der Waals surface area contributed by atoms with Crippen LogP contribution in [0.2, 0.25) is 0 Å². The second-order valence-electron chi connectivity index (χ2n) is 4.47. The summed E-state index contributed by atoms with van der Waals surface area (Å²) in [6.07, 6.45) is 3.69. The quantitative estimate of drug-likeness (QED) is 0.737. The highest BCUT2D eigenvalue weighted by Gasteiger charge is 2.07. The summed E-state index contributed by atoms with van der Waals surface area (Å²) in [7, 11) is 1.63. The fourth-order valence-electron chi connectivity index (χ4n) is 2.11. The zero-order valence-electron chi connectivity index (χ0n) is 11.4. The first-order valence-electron chi connectivity index (χ1n) is 6.49. The molecule has 0 saturated heterocycles. The van der Waals surface area contributed by atoms with Crippen LogP contribution in [0.15, 0.2) is 57.8 Å². The Morgan fingerprint density at radius 3 is 2.67 bits per heavy atom. The van der Waals surface area contributed by atoms with E-state index in [4.69, 9.17) is 9.26 Å². The molecule has 2 aromatic carbocycles. The van der Waals surface area contributed by atoms with Gasteiger partial charge in [0.05, 0.1) is 12.5 Å². The Bertz CT molecular complexity index is 865. The summed E-state index contributed by atoms with van der Waals surface area (Å²) in [6.45, 7) is 0. The van der Waals surface area contributed by atoms with Gasteiger partial charge in [0, 0.05) is 5.56 Å². The largest absolute Gasteiger partial charge is 0.496 e. The number of nitrogens with zero attached hydrogens (tertiary/aromatic N) is 1. The van der Waals surface area contributed by atoms with Crippen molar-refractivity contribution in [2.24, 2.45) is 0 Å². The van der Waals surface area contributed by atoms with Gasteiger partial charge < -0.3 is 9.26 Å². The molecule has 0 aliphatic rings. The lowest BCUT2D eigenvalue weighted by Crippen LogP contribution is -1.91. The fourth-order valence-corrected chi connectivity index (χ4v) is 2.11. The zero-order chi connectivity index (χ0) is 14.7. The SMILES string of the molecule is COc1ccccc1C=Cc1noc2c(=O)ccccc12. The third-order valence-corrected chi connectivity index (χ3v) is 3.16. The number of hydrogen-bond acceptors (Lipinski definition) is 4. The van der Waals surface area contributed by atoms with E-state index >= 15 is 0 Å². The van der Waals surface area contributed by atoms with Crippen LogP contribution in [0.5, 0.6) is 5.75 Å². The van der Waals surface area contributed by atoms with Gasteiger partial charge in [0.1, 0.15) is 11.4 Å². The van der Waals surface area contributed by atoms with E-state index in [9.17, 15) is 4.79 Å². The van der Waals surface area contributed by atoms with Gasteiger partial charge in [-0.2, -0.15) is 0 Å². The van der Waals surface area contributed by atoms with Crippen LogP contribution >= 0.6 is 0 Å². The summed E-state index contributed by atoms with van der Waals surface area (Å²) in [4.78, 5) is 11.8. The van der Waals surface area contributed by atoms with Crippen molar-refractivity contribution in [1.82, 2.24) is 5.16 Å². The van der Waals surface area contributed by atoms with Gasteiger partial charge in [-0.3, -0.25) is 4.79 Å². The predicted molar refractivity (Wildman–Crippen MR) is 82.2 cm³/mol. The number of rotatable bonds is 3. The van der Waals surface area contributed by atoms with Gasteiger partial charge >= 0.3 is 0 Å². The average molecular weight is 279 g/mol. The lowest BCUT2D eigenvalue weighted by Gasteiger charge is -2.02. The highest BCUT2D eigenvalue weighted by Crippen LogP contribution is 2.21. The molecule has 0 atom stereocenters. The number of benzene rings is 1. The predicted octanol–water partition coefficient (Wildman–Crippen LogP) is 3.37. The van der Waals surface area contributed by atoms with Crippen LogP contribution in [0.25, 0.3) is 23.1 Å². The maximum atomic E-state index is 11.8. The van der Waals surface area contributed by atoms with E-state index in [1.165, 1.54) is 6.07 Å². The number of methoxy groups -OCH3 is 1. The molecule has 0 unspecified atom stereocenters. The van der Waals surface area contributed by atoms with Crippen molar-refractivity contribution < 1.29 is 9.26 Å². The van der Waals surface area contributed by atoms with Gasteiger partial charge in [0.15, 0.2) is 0 Å². The standard InChI is InChI=1S/C17H13NO3/c1-20-16-9-5-2-6-12(16)10-11-14-13-7-3-4-8-15(19)17(13)21-18-14/h2-11H,1H3. The van der Waals surface area contributed by atoms with Gasteiger partial charge in [-0.15, -0.1) is 0 Å². The molecule has 4 heteroatoms. The van der Waals surface area contributed by atoms with Crippen LogP contribution < -0.4 is 10.2 Å². The summed E-state index contributed by atoms with van der Waals surface area (Å²) in [5.74, 6) is 0.775. The van der Waals surface area contributed by atoms with Crippen molar-refractivity contribution in [3.05, 3.63) is 70.0 Å². The van der Waals surface area contributed by atoms with Crippen molar-refractivity contribution in [1.29, 1.82) is 0 Å². The molecule has 0 aliphatic carbocycles. The molecular weight excluding hydrogens is 266 g/mol. The third-order valence-electron chi connectivity index (χ3n) is 3.16. The molecule has 0 amide bonds. The highest BCUT2D eigenvalue weighted by molar-refractivity contribution is 5.87. The summed E-state index contributed by atoms with van der Waals surface area (Å²) >= 11 is 0. The number of hydrogen-bond donors (Lipinski definition) is 0. The van der Waals surface area contributed by atoms with Gasteiger partial charge in [-0.1, -0.05) is 35.5 Å². The van der Waals surface area contributed by atoms with Crippen LogP contribution in [0.4, 0.5) is 0 Å². The number of ether oxygens (including phenoxy) is 1. The van der Waals surface area contributed by atoms with Crippen molar-refractivity contribution in [3.63, 3.8) is 0 Å². The first-order valence-corrected chi connectivity index (χ1v) is 6.49. The maximum absolute atomic E-state index is 11.8. The van der Waals surface area contributed by atoms with E-state index in [2.05, 4.69) is 5.16 Å². The first kappa shape index (κ1) is 13.1. The second-order valence-corrected chi connectivity index (χ2v) is 4.47. The second kappa shape index (κ2) is 5.63. The van der Waals surface area contributed by atoms with Crippen molar-refractivity contribution in [2.45, 2.75) is 0 Å². The Balaban J connectivity index is 2.07. The fraction of sp³-hybridized carbons (Fsp3) is 0.0588. The molecule has 0 radical (unpaired) electrons. The molecule has 21 heavy (non-hydrogen) atoms. The van der Waals surface area contributed by atoms with E-state index in [1.807, 2.05) is 42.5 Å². The van der Waals surface area contributed by atoms with Crippen LogP contribution in [0, 0.1) is 0 Å². The minimum absolute atomic E-state index is 0.181. The number of fused-ring (bicyclic) bond motifs is 1. The van der Waals surface area contributed by atoms with Crippen LogP contribution in [-0.4, -0.2) is 12.3 Å². The van der Waals surface area contributed by atoms with E-state index in [0.29, 0.717) is 11.1 Å². The van der Waals surface area contributed by atoms with Crippen molar-refractivity contribution in [3.8, 4) is 5.75 Å². The molecule has 4 nitrogen and oxygen atoms in total. The smallest absolute Gasteiger partial charge is 0.224 e. The molecule has 0 N–H and O–H groups in total. The minimum atomic E-state index is -0.181. The highest BCUT2D eigenvalue weighted by atomic mass is 16.5. The molecule has 1 aromatic heterocycles.